The van der Waals surface area contributed by atoms with Crippen molar-refractivity contribution in [1.29, 1.82) is 5.26 Å². The smallest absolute Gasteiger partial charge is 0.0462 e. The van der Waals surface area contributed by atoms with Gasteiger partial charge >= 0.3 is 0 Å². The van der Waals surface area contributed by atoms with E-state index in [1.54, 1.807) is 0 Å². The molecule has 0 saturated carbocycles. The van der Waals surface area contributed by atoms with E-state index in [1.165, 1.54) is 0 Å². The van der Waals surface area contributed by atoms with Crippen LogP contribution in [0.15, 0.2) is 0 Å². The fourth-order valence-electron chi connectivity index (χ4n) is 0. The first-order chi connectivity index (χ1) is 1.00. The first kappa shape index (κ1) is 24.1. The zero-order valence-corrected chi connectivity index (χ0v) is 3.73. The monoisotopic (exact) mass is 146 g/mol. The van der Waals surface area contributed by atoms with Gasteiger partial charge < -0.3 is 0 Å². The summed E-state index contributed by atoms with van der Waals surface area (Å²) in [6.07, 6.45) is 0. The van der Waals surface area contributed by atoms with Gasteiger partial charge in [-0.3, -0.25) is 0 Å². The summed E-state index contributed by atoms with van der Waals surface area (Å²) in [4.78, 5) is 0. The molecule has 0 unspecified atom stereocenters. The van der Waals surface area contributed by atoms with Gasteiger partial charge in [-0.05, 0) is 0 Å². The summed E-state index contributed by atoms with van der Waals surface area (Å²) in [7, 11) is 0. The second kappa shape index (κ2) is 80.7. The molecule has 0 fully saturated rings. The van der Waals surface area contributed by atoms with E-state index in [2.05, 4.69) is 6.57 Å². The quantitative estimate of drug-likeness (QED) is 0.446. The Kier molecular flexibility index (Phi) is 487. The van der Waals surface area contributed by atoms with E-state index in [0.717, 1.165) is 0 Å². The molecule has 0 bridgehead atoms. The minimum Gasteiger partial charge on any atom is -0.202 e. The van der Waals surface area contributed by atoms with Crippen molar-refractivity contribution in [3.8, 4) is 6.57 Å². The van der Waals surface area contributed by atoms with E-state index in [9.17, 15) is 0 Å². The number of rotatable bonds is 0. The first-order valence-corrected chi connectivity index (χ1v) is 0.258. The molecule has 0 aliphatic carbocycles. The molecular weight excluding hydrogens is 145 g/mol. The average Bonchev–Trinajstić information content (AvgIpc) is 1.00. The molecule has 0 rings (SSSR count). The normalized spacial score (nSPS) is 0.500. The Morgan fingerprint density at radius 1 is 1.25 bits per heavy atom. The van der Waals surface area contributed by atoms with Gasteiger partial charge in [0.1, 0.15) is 0 Å². The SMILES string of the molecule is C#N.[Cu].[Fe]. The molecule has 0 amide bonds. The molecule has 3 heteroatoms. The third-order valence-electron chi connectivity index (χ3n) is 0. The van der Waals surface area contributed by atoms with E-state index in [1.807, 2.05) is 0 Å². The third kappa shape index (κ3) is 21.1. The van der Waals surface area contributed by atoms with Gasteiger partial charge in [0.25, 0.3) is 0 Å². The molecule has 29 valence electrons. The van der Waals surface area contributed by atoms with Crippen molar-refractivity contribution >= 4 is 0 Å². The molecule has 0 aliphatic heterocycles. The molecule has 1 radical (unpaired) electrons. The number of nitrogens with zero attached hydrogens (tertiary/aromatic N) is 1. The number of hydrogen-bond acceptors (Lipinski definition) is 1. The molecular formula is CHCuFeN. The van der Waals surface area contributed by atoms with E-state index in [-0.39, 0.29) is 34.1 Å². The molecule has 0 N–H and O–H groups in total. The minimum atomic E-state index is 0. The van der Waals surface area contributed by atoms with Crippen molar-refractivity contribution in [3.63, 3.8) is 0 Å². The summed E-state index contributed by atoms with van der Waals surface area (Å²) in [5.74, 6) is 0. The Hall–Kier alpha value is 0.529. The largest absolute Gasteiger partial charge is 0.202 e. The molecule has 0 heterocycles. The van der Waals surface area contributed by atoms with Crippen LogP contribution in [0, 0.1) is 11.8 Å². The summed E-state index contributed by atoms with van der Waals surface area (Å²) in [5, 5.41) is 6.50. The van der Waals surface area contributed by atoms with Gasteiger partial charge in [-0.1, -0.05) is 0 Å². The van der Waals surface area contributed by atoms with Crippen LogP contribution in [0.2, 0.25) is 0 Å². The van der Waals surface area contributed by atoms with Crippen molar-refractivity contribution in [2.24, 2.45) is 0 Å². The van der Waals surface area contributed by atoms with Gasteiger partial charge in [-0.25, -0.2) is 5.26 Å². The van der Waals surface area contributed by atoms with Crippen LogP contribution >= 0.6 is 0 Å². The fraction of sp³-hybridized carbons (Fsp3) is 0. The molecule has 0 atom stereocenters. The fourth-order valence-corrected chi connectivity index (χ4v) is 0. The van der Waals surface area contributed by atoms with Crippen molar-refractivity contribution < 1.29 is 34.1 Å². The first-order valence-electron chi connectivity index (χ1n) is 0.258. The van der Waals surface area contributed by atoms with Gasteiger partial charge in [0.05, 0.1) is 0 Å². The van der Waals surface area contributed by atoms with Crippen molar-refractivity contribution in [3.05, 3.63) is 0 Å². The molecule has 0 aliphatic rings. The van der Waals surface area contributed by atoms with Gasteiger partial charge in [-0.15, -0.1) is 0 Å². The molecule has 1 nitrogen and oxygen atoms in total. The van der Waals surface area contributed by atoms with Crippen LogP contribution in [0.25, 0.3) is 0 Å². The predicted molar refractivity (Wildman–Crippen MR) is 6.67 cm³/mol. The van der Waals surface area contributed by atoms with Crippen LogP contribution in [0.5, 0.6) is 0 Å². The van der Waals surface area contributed by atoms with E-state index >= 15 is 0 Å². The molecule has 0 aromatic carbocycles. The Balaban J connectivity index is -0.00000000500. The maximum absolute atomic E-state index is 6.50. The molecule has 0 spiro atoms. The van der Waals surface area contributed by atoms with Gasteiger partial charge in [-0.2, -0.15) is 0 Å². The van der Waals surface area contributed by atoms with Crippen LogP contribution in [-0.4, -0.2) is 0 Å². The summed E-state index contributed by atoms with van der Waals surface area (Å²) in [6, 6.07) is 0. The molecule has 0 aromatic heterocycles. The van der Waals surface area contributed by atoms with Crippen LogP contribution in [-0.2, 0) is 34.1 Å². The number of hydrogen-bond donors (Lipinski definition) is 0. The number of nitriles is 1. The summed E-state index contributed by atoms with van der Waals surface area (Å²) in [5.41, 5.74) is 0. The van der Waals surface area contributed by atoms with Crippen LogP contribution < -0.4 is 0 Å². The predicted octanol–water partition coefficient (Wildman–Crippen LogP) is 0.135. The van der Waals surface area contributed by atoms with Gasteiger partial charge in [0.2, 0.25) is 0 Å². The summed E-state index contributed by atoms with van der Waals surface area (Å²) in [6.45, 7) is 3.50. The Morgan fingerprint density at radius 2 is 1.25 bits per heavy atom. The van der Waals surface area contributed by atoms with E-state index in [4.69, 9.17) is 5.26 Å². The Bertz CT molecular complexity index is 12.8. The zero-order valence-electron chi connectivity index (χ0n) is 1.68. The van der Waals surface area contributed by atoms with Crippen molar-refractivity contribution in [2.75, 3.05) is 0 Å². The zero-order chi connectivity index (χ0) is 2.00. The second-order valence-corrected chi connectivity index (χ2v) is 0. The van der Waals surface area contributed by atoms with Crippen LogP contribution in [0.4, 0.5) is 0 Å². The average molecular weight is 146 g/mol. The summed E-state index contributed by atoms with van der Waals surface area (Å²) >= 11 is 0. The maximum atomic E-state index is 6.50. The second-order valence-electron chi connectivity index (χ2n) is 0. The topological polar surface area (TPSA) is 23.8 Å². The van der Waals surface area contributed by atoms with E-state index < -0.39 is 0 Å². The molecule has 0 aromatic rings. The van der Waals surface area contributed by atoms with Crippen LogP contribution in [0.3, 0.4) is 0 Å². The van der Waals surface area contributed by atoms with Crippen LogP contribution in [0.1, 0.15) is 0 Å². The molecule has 0 saturated heterocycles. The third-order valence-corrected chi connectivity index (χ3v) is 0. The van der Waals surface area contributed by atoms with Crippen molar-refractivity contribution in [1.82, 2.24) is 0 Å². The molecule has 4 heavy (non-hydrogen) atoms. The minimum absolute atomic E-state index is 0. The Morgan fingerprint density at radius 3 is 1.25 bits per heavy atom. The Labute approximate surface area is 46.3 Å². The summed E-state index contributed by atoms with van der Waals surface area (Å²) < 4.78 is 0. The standard InChI is InChI=1S/CHN.Cu.Fe/c1-2;;/h1H;;. The van der Waals surface area contributed by atoms with Gasteiger partial charge in [0, 0.05) is 40.7 Å². The van der Waals surface area contributed by atoms with Crippen molar-refractivity contribution in [2.45, 2.75) is 0 Å². The van der Waals surface area contributed by atoms with E-state index in [0.29, 0.717) is 0 Å². The van der Waals surface area contributed by atoms with Gasteiger partial charge in [0.15, 0.2) is 0 Å². The maximum Gasteiger partial charge on any atom is 0.0462 e.